The minimum atomic E-state index is -3.47. The van der Waals surface area contributed by atoms with E-state index in [1.165, 1.54) is 18.3 Å². The van der Waals surface area contributed by atoms with Crippen molar-refractivity contribution >= 4 is 21.7 Å². The van der Waals surface area contributed by atoms with Crippen LogP contribution >= 0.6 is 0 Å². The molecule has 1 rings (SSSR count). The summed E-state index contributed by atoms with van der Waals surface area (Å²) in [4.78, 5) is 14.3. The van der Waals surface area contributed by atoms with Crippen molar-refractivity contribution < 1.29 is 23.1 Å². The topological polar surface area (TPSA) is 106 Å². The molecule has 2 N–H and O–H groups in total. The normalized spacial score (nSPS) is 11.2. The molecule has 0 spiro atoms. The lowest BCUT2D eigenvalue weighted by molar-refractivity contribution is -0.136. The Kier molecular flexibility index (Phi) is 5.71. The molecule has 0 atom stereocenters. The van der Waals surface area contributed by atoms with E-state index in [0.717, 1.165) is 0 Å². The number of carboxylic acid groups (broad SMARTS) is 1. The van der Waals surface area contributed by atoms with E-state index in [9.17, 15) is 13.2 Å². The minimum absolute atomic E-state index is 0.121. The van der Waals surface area contributed by atoms with Gasteiger partial charge in [-0.2, -0.15) is 0 Å². The van der Waals surface area contributed by atoms with Crippen LogP contribution in [-0.4, -0.2) is 43.4 Å². The Morgan fingerprint density at radius 1 is 1.47 bits per heavy atom. The van der Waals surface area contributed by atoms with Gasteiger partial charge in [-0.15, -0.1) is 0 Å². The number of rotatable bonds is 8. The Morgan fingerprint density at radius 3 is 2.74 bits per heavy atom. The van der Waals surface area contributed by atoms with Gasteiger partial charge < -0.3 is 9.84 Å². The molecule has 0 saturated carbocycles. The Bertz CT molecular complexity index is 512. The van der Waals surface area contributed by atoms with Crippen LogP contribution in [0.5, 0.6) is 0 Å². The van der Waals surface area contributed by atoms with E-state index in [4.69, 9.17) is 9.84 Å². The molecule has 0 aliphatic heterocycles. The lowest BCUT2D eigenvalue weighted by atomic mass is 10.3. The van der Waals surface area contributed by atoms with Crippen LogP contribution in [-0.2, 0) is 26.0 Å². The summed E-state index contributed by atoms with van der Waals surface area (Å²) in [5, 5.41) is 8.58. The molecule has 0 aliphatic rings. The number of aromatic nitrogens is 1. The molecule has 1 aromatic rings. The van der Waals surface area contributed by atoms with Gasteiger partial charge in [0.25, 0.3) is 0 Å². The highest BCUT2D eigenvalue weighted by atomic mass is 32.2. The van der Waals surface area contributed by atoms with Crippen LogP contribution in [0.25, 0.3) is 0 Å². The minimum Gasteiger partial charge on any atom is -0.481 e. The summed E-state index contributed by atoms with van der Waals surface area (Å²) < 4.78 is 30.6. The average molecular weight is 288 g/mol. The summed E-state index contributed by atoms with van der Waals surface area (Å²) in [6, 6.07) is 2.94. The van der Waals surface area contributed by atoms with Crippen molar-refractivity contribution in [2.75, 3.05) is 23.7 Å². The van der Waals surface area contributed by atoms with Crippen molar-refractivity contribution in [2.45, 2.75) is 13.3 Å². The Morgan fingerprint density at radius 2 is 2.21 bits per heavy atom. The second-order valence-electron chi connectivity index (χ2n) is 3.73. The first kappa shape index (κ1) is 15.4. The molecule has 8 heteroatoms. The zero-order chi connectivity index (χ0) is 14.3. The summed E-state index contributed by atoms with van der Waals surface area (Å²) in [5.74, 6) is -1.13. The molecule has 1 heterocycles. The quantitative estimate of drug-likeness (QED) is 0.674. The van der Waals surface area contributed by atoms with Crippen LogP contribution < -0.4 is 4.72 Å². The number of nitrogens with zero attached hydrogens (tertiary/aromatic N) is 1. The maximum Gasteiger partial charge on any atom is 0.309 e. The van der Waals surface area contributed by atoms with E-state index >= 15 is 0 Å². The van der Waals surface area contributed by atoms with E-state index in [-0.39, 0.29) is 18.8 Å². The molecule has 106 valence electrons. The molecule has 0 fully saturated rings. The summed E-state index contributed by atoms with van der Waals surface area (Å²) in [7, 11) is -3.47. The summed E-state index contributed by atoms with van der Waals surface area (Å²) >= 11 is 0. The summed E-state index contributed by atoms with van der Waals surface area (Å²) in [6.07, 6.45) is 1.09. The van der Waals surface area contributed by atoms with Gasteiger partial charge in [0.15, 0.2) is 0 Å². The number of pyridine rings is 1. The first-order valence-electron chi connectivity index (χ1n) is 5.68. The SMILES string of the molecule is CCOCCS(=O)(=O)Nc1ccc(CC(=O)O)nc1. The highest BCUT2D eigenvalue weighted by molar-refractivity contribution is 7.92. The Balaban J connectivity index is 2.59. The van der Waals surface area contributed by atoms with Crippen LogP contribution in [0.3, 0.4) is 0 Å². The zero-order valence-corrected chi connectivity index (χ0v) is 11.3. The van der Waals surface area contributed by atoms with E-state index in [1.54, 1.807) is 6.92 Å². The van der Waals surface area contributed by atoms with Gasteiger partial charge in [0, 0.05) is 6.61 Å². The molecular weight excluding hydrogens is 272 g/mol. The van der Waals surface area contributed by atoms with Gasteiger partial charge in [-0.1, -0.05) is 0 Å². The van der Waals surface area contributed by atoms with Crippen molar-refractivity contribution in [1.82, 2.24) is 4.98 Å². The number of sulfonamides is 1. The highest BCUT2D eigenvalue weighted by Gasteiger charge is 2.10. The molecule has 0 aromatic carbocycles. The van der Waals surface area contributed by atoms with Gasteiger partial charge in [-0.25, -0.2) is 8.42 Å². The van der Waals surface area contributed by atoms with E-state index in [0.29, 0.717) is 18.0 Å². The number of nitrogens with one attached hydrogen (secondary N) is 1. The Labute approximate surface area is 111 Å². The third-order valence-electron chi connectivity index (χ3n) is 2.13. The fraction of sp³-hybridized carbons (Fsp3) is 0.455. The maximum atomic E-state index is 11.6. The predicted molar refractivity (Wildman–Crippen MR) is 69.5 cm³/mol. The fourth-order valence-electron chi connectivity index (χ4n) is 1.29. The number of ether oxygens (including phenoxy) is 1. The Hall–Kier alpha value is -1.67. The van der Waals surface area contributed by atoms with Gasteiger partial charge in [0.2, 0.25) is 10.0 Å². The van der Waals surface area contributed by atoms with Crippen LogP contribution in [0, 0.1) is 0 Å². The number of carbonyl (C=O) groups is 1. The van der Waals surface area contributed by atoms with Gasteiger partial charge in [-0.3, -0.25) is 14.5 Å². The number of hydrogen-bond acceptors (Lipinski definition) is 5. The second-order valence-corrected chi connectivity index (χ2v) is 5.57. The first-order valence-corrected chi connectivity index (χ1v) is 7.33. The third kappa shape index (κ3) is 6.16. The number of hydrogen-bond donors (Lipinski definition) is 2. The van der Waals surface area contributed by atoms with Gasteiger partial charge in [-0.05, 0) is 19.1 Å². The van der Waals surface area contributed by atoms with Crippen LogP contribution in [0.15, 0.2) is 18.3 Å². The number of carboxylic acids is 1. The predicted octanol–water partition coefficient (Wildman–Crippen LogP) is 0.487. The van der Waals surface area contributed by atoms with Gasteiger partial charge in [0.05, 0.1) is 36.4 Å². The molecule has 0 amide bonds. The van der Waals surface area contributed by atoms with Crippen molar-refractivity contribution in [1.29, 1.82) is 0 Å². The van der Waals surface area contributed by atoms with Crippen LogP contribution in [0.2, 0.25) is 0 Å². The lowest BCUT2D eigenvalue weighted by Crippen LogP contribution is -2.20. The molecule has 19 heavy (non-hydrogen) atoms. The molecule has 0 radical (unpaired) electrons. The number of aliphatic carboxylic acids is 1. The molecule has 0 aliphatic carbocycles. The van der Waals surface area contributed by atoms with Crippen molar-refractivity contribution in [3.63, 3.8) is 0 Å². The molecule has 7 nitrogen and oxygen atoms in total. The molecular formula is C11H16N2O5S. The standard InChI is InChI=1S/C11H16N2O5S/c1-2-18-5-6-19(16,17)13-10-4-3-9(12-8-10)7-11(14)15/h3-4,8,13H,2,5-7H2,1H3,(H,14,15). The summed E-state index contributed by atoms with van der Waals surface area (Å²) in [6.45, 7) is 2.36. The van der Waals surface area contributed by atoms with Crippen LogP contribution in [0.4, 0.5) is 5.69 Å². The van der Waals surface area contributed by atoms with Gasteiger partial charge in [0.1, 0.15) is 0 Å². The van der Waals surface area contributed by atoms with Crippen molar-refractivity contribution in [2.24, 2.45) is 0 Å². The molecule has 0 saturated heterocycles. The lowest BCUT2D eigenvalue weighted by Gasteiger charge is -2.08. The molecule has 1 aromatic heterocycles. The monoisotopic (exact) mass is 288 g/mol. The third-order valence-corrected chi connectivity index (χ3v) is 3.38. The largest absolute Gasteiger partial charge is 0.481 e. The fourth-order valence-corrected chi connectivity index (χ4v) is 2.21. The van der Waals surface area contributed by atoms with E-state index in [1.807, 2.05) is 0 Å². The number of anilines is 1. The first-order chi connectivity index (χ1) is 8.93. The van der Waals surface area contributed by atoms with Crippen LogP contribution in [0.1, 0.15) is 12.6 Å². The van der Waals surface area contributed by atoms with E-state index in [2.05, 4.69) is 9.71 Å². The summed E-state index contributed by atoms with van der Waals surface area (Å²) in [5.41, 5.74) is 0.662. The average Bonchev–Trinajstić information content (AvgIpc) is 2.31. The van der Waals surface area contributed by atoms with Gasteiger partial charge >= 0.3 is 5.97 Å². The zero-order valence-electron chi connectivity index (χ0n) is 10.5. The van der Waals surface area contributed by atoms with Crippen molar-refractivity contribution in [3.8, 4) is 0 Å². The van der Waals surface area contributed by atoms with E-state index < -0.39 is 16.0 Å². The smallest absolute Gasteiger partial charge is 0.309 e. The molecule has 0 bridgehead atoms. The second kappa shape index (κ2) is 7.05. The molecule has 0 unspecified atom stereocenters. The highest BCUT2D eigenvalue weighted by Crippen LogP contribution is 2.09. The maximum absolute atomic E-state index is 11.6. The van der Waals surface area contributed by atoms with Crippen molar-refractivity contribution in [3.05, 3.63) is 24.0 Å².